The van der Waals surface area contributed by atoms with Crippen LogP contribution in [0.5, 0.6) is 0 Å². The Morgan fingerprint density at radius 2 is 2.41 bits per heavy atom. The minimum Gasteiger partial charge on any atom is -0.338 e. The summed E-state index contributed by atoms with van der Waals surface area (Å²) < 4.78 is 2.07. The van der Waals surface area contributed by atoms with Crippen molar-refractivity contribution in [2.75, 3.05) is 6.54 Å². The molecule has 0 aliphatic carbocycles. The third-order valence-corrected chi connectivity index (χ3v) is 3.63. The van der Waals surface area contributed by atoms with E-state index in [1.807, 2.05) is 31.1 Å². The molecule has 0 saturated heterocycles. The van der Waals surface area contributed by atoms with E-state index < -0.39 is 0 Å². The predicted molar refractivity (Wildman–Crippen MR) is 70.1 cm³/mol. The van der Waals surface area contributed by atoms with E-state index in [4.69, 9.17) is 0 Å². The molecular weight excluding hydrogens is 232 g/mol. The maximum atomic E-state index is 4.38. The van der Waals surface area contributed by atoms with Crippen LogP contribution >= 0.6 is 11.3 Å². The second-order valence-corrected chi connectivity index (χ2v) is 4.99. The molecule has 0 aromatic carbocycles. The number of rotatable bonds is 6. The van der Waals surface area contributed by atoms with Gasteiger partial charge in [0.05, 0.1) is 11.6 Å². The van der Waals surface area contributed by atoms with Gasteiger partial charge >= 0.3 is 0 Å². The van der Waals surface area contributed by atoms with Crippen LogP contribution in [0, 0.1) is 0 Å². The first kappa shape index (κ1) is 12.3. The number of imidazole rings is 1. The Hall–Kier alpha value is -1.20. The Morgan fingerprint density at radius 3 is 3.00 bits per heavy atom. The van der Waals surface area contributed by atoms with Crippen LogP contribution < -0.4 is 5.32 Å². The zero-order valence-corrected chi connectivity index (χ0v) is 11.1. The van der Waals surface area contributed by atoms with Crippen molar-refractivity contribution in [3.8, 4) is 0 Å². The van der Waals surface area contributed by atoms with Crippen molar-refractivity contribution in [3.05, 3.63) is 34.8 Å². The van der Waals surface area contributed by atoms with E-state index in [0.29, 0.717) is 6.04 Å². The lowest BCUT2D eigenvalue weighted by molar-refractivity contribution is 0.518. The SMILES string of the molecule is CCCNC(Cc1nccn1C)c1cncs1. The highest BCUT2D eigenvalue weighted by Gasteiger charge is 2.15. The van der Waals surface area contributed by atoms with E-state index in [-0.39, 0.29) is 0 Å². The lowest BCUT2D eigenvalue weighted by atomic mass is 10.1. The van der Waals surface area contributed by atoms with Gasteiger partial charge in [0.1, 0.15) is 5.82 Å². The Labute approximate surface area is 106 Å². The molecule has 2 aromatic heterocycles. The molecule has 0 radical (unpaired) electrons. The van der Waals surface area contributed by atoms with Gasteiger partial charge in [-0.1, -0.05) is 6.92 Å². The first-order valence-electron chi connectivity index (χ1n) is 5.89. The van der Waals surface area contributed by atoms with Crippen molar-refractivity contribution in [1.29, 1.82) is 0 Å². The van der Waals surface area contributed by atoms with Crippen LogP contribution in [0.2, 0.25) is 0 Å². The molecule has 2 aromatic rings. The molecule has 0 aliphatic heterocycles. The first-order valence-corrected chi connectivity index (χ1v) is 6.77. The lowest BCUT2D eigenvalue weighted by Crippen LogP contribution is -2.24. The molecule has 17 heavy (non-hydrogen) atoms. The molecule has 1 unspecified atom stereocenters. The summed E-state index contributed by atoms with van der Waals surface area (Å²) in [6.45, 7) is 3.20. The molecule has 2 heterocycles. The van der Waals surface area contributed by atoms with Gasteiger partial charge in [0.15, 0.2) is 0 Å². The predicted octanol–water partition coefficient (Wildman–Crippen LogP) is 2.16. The van der Waals surface area contributed by atoms with Gasteiger partial charge in [0.25, 0.3) is 0 Å². The Balaban J connectivity index is 2.08. The summed E-state index contributed by atoms with van der Waals surface area (Å²) in [5.74, 6) is 1.10. The second-order valence-electron chi connectivity index (χ2n) is 4.07. The van der Waals surface area contributed by atoms with Crippen LogP contribution in [0.3, 0.4) is 0 Å². The third kappa shape index (κ3) is 3.14. The van der Waals surface area contributed by atoms with Crippen molar-refractivity contribution in [1.82, 2.24) is 19.9 Å². The van der Waals surface area contributed by atoms with Crippen LogP contribution in [0.1, 0.15) is 30.1 Å². The van der Waals surface area contributed by atoms with Crippen LogP contribution in [-0.4, -0.2) is 21.1 Å². The van der Waals surface area contributed by atoms with Crippen LogP contribution in [-0.2, 0) is 13.5 Å². The van der Waals surface area contributed by atoms with Gasteiger partial charge in [-0.05, 0) is 13.0 Å². The Bertz CT molecular complexity index is 435. The van der Waals surface area contributed by atoms with Crippen molar-refractivity contribution in [2.24, 2.45) is 7.05 Å². The highest BCUT2D eigenvalue weighted by Crippen LogP contribution is 2.20. The van der Waals surface area contributed by atoms with Gasteiger partial charge in [-0.25, -0.2) is 4.98 Å². The standard InChI is InChI=1S/C12H18N4S/c1-3-4-14-10(11-8-13-9-17-11)7-12-15-5-6-16(12)2/h5-6,8-10,14H,3-4,7H2,1-2H3. The van der Waals surface area contributed by atoms with Gasteiger partial charge in [-0.2, -0.15) is 0 Å². The maximum Gasteiger partial charge on any atom is 0.110 e. The molecule has 0 bridgehead atoms. The summed E-state index contributed by atoms with van der Waals surface area (Å²) in [7, 11) is 2.03. The van der Waals surface area contributed by atoms with E-state index in [0.717, 1.165) is 25.2 Å². The van der Waals surface area contributed by atoms with E-state index in [1.165, 1.54) is 4.88 Å². The molecule has 0 spiro atoms. The monoisotopic (exact) mass is 250 g/mol. The zero-order valence-electron chi connectivity index (χ0n) is 10.3. The summed E-state index contributed by atoms with van der Waals surface area (Å²) in [4.78, 5) is 9.81. The van der Waals surface area contributed by atoms with Crippen molar-refractivity contribution in [2.45, 2.75) is 25.8 Å². The Kier molecular flexibility index (Phi) is 4.28. The molecular formula is C12H18N4S. The van der Waals surface area contributed by atoms with Gasteiger partial charge in [0.2, 0.25) is 0 Å². The largest absolute Gasteiger partial charge is 0.338 e. The molecule has 0 aliphatic rings. The molecule has 1 atom stereocenters. The van der Waals surface area contributed by atoms with E-state index in [1.54, 1.807) is 11.3 Å². The highest BCUT2D eigenvalue weighted by atomic mass is 32.1. The van der Waals surface area contributed by atoms with Crippen LogP contribution in [0.25, 0.3) is 0 Å². The van der Waals surface area contributed by atoms with Crippen molar-refractivity contribution < 1.29 is 0 Å². The van der Waals surface area contributed by atoms with Gasteiger partial charge in [0, 0.05) is 36.9 Å². The molecule has 1 N–H and O–H groups in total. The fourth-order valence-corrected chi connectivity index (χ4v) is 2.46. The maximum absolute atomic E-state index is 4.38. The van der Waals surface area contributed by atoms with Crippen molar-refractivity contribution in [3.63, 3.8) is 0 Å². The summed E-state index contributed by atoms with van der Waals surface area (Å²) >= 11 is 1.70. The molecule has 92 valence electrons. The minimum absolute atomic E-state index is 0.323. The number of nitrogens with zero attached hydrogens (tertiary/aromatic N) is 3. The third-order valence-electron chi connectivity index (χ3n) is 2.74. The highest BCUT2D eigenvalue weighted by molar-refractivity contribution is 7.09. The van der Waals surface area contributed by atoms with Gasteiger partial charge < -0.3 is 9.88 Å². The smallest absolute Gasteiger partial charge is 0.110 e. The molecule has 0 saturated carbocycles. The quantitative estimate of drug-likeness (QED) is 0.854. The van der Waals surface area contributed by atoms with E-state index in [9.17, 15) is 0 Å². The van der Waals surface area contributed by atoms with Crippen LogP contribution in [0.15, 0.2) is 24.1 Å². The van der Waals surface area contributed by atoms with Gasteiger partial charge in [-0.15, -0.1) is 11.3 Å². The van der Waals surface area contributed by atoms with Gasteiger partial charge in [-0.3, -0.25) is 4.98 Å². The molecule has 5 heteroatoms. The summed E-state index contributed by atoms with van der Waals surface area (Å²) in [5.41, 5.74) is 1.88. The number of aryl methyl sites for hydroxylation is 1. The first-order chi connectivity index (χ1) is 8.31. The summed E-state index contributed by atoms with van der Waals surface area (Å²) in [6, 6.07) is 0.323. The number of hydrogen-bond acceptors (Lipinski definition) is 4. The van der Waals surface area contributed by atoms with E-state index >= 15 is 0 Å². The second kappa shape index (κ2) is 5.93. The Morgan fingerprint density at radius 1 is 1.53 bits per heavy atom. The summed E-state index contributed by atoms with van der Waals surface area (Å²) in [5, 5.41) is 3.55. The summed E-state index contributed by atoms with van der Waals surface area (Å²) in [6.07, 6.45) is 7.82. The number of hydrogen-bond donors (Lipinski definition) is 1. The number of thiazole rings is 1. The fourth-order valence-electron chi connectivity index (χ4n) is 1.77. The minimum atomic E-state index is 0.323. The van der Waals surface area contributed by atoms with Crippen molar-refractivity contribution >= 4 is 11.3 Å². The molecule has 4 nitrogen and oxygen atoms in total. The number of nitrogens with one attached hydrogen (secondary N) is 1. The normalized spacial score (nSPS) is 12.8. The topological polar surface area (TPSA) is 42.7 Å². The van der Waals surface area contributed by atoms with E-state index in [2.05, 4.69) is 26.8 Å². The fraction of sp³-hybridized carbons (Fsp3) is 0.500. The molecule has 0 fully saturated rings. The van der Waals surface area contributed by atoms with Crippen LogP contribution in [0.4, 0.5) is 0 Å². The zero-order chi connectivity index (χ0) is 12.1. The lowest BCUT2D eigenvalue weighted by Gasteiger charge is -2.16. The average molecular weight is 250 g/mol. The average Bonchev–Trinajstić information content (AvgIpc) is 2.96. The number of aromatic nitrogens is 3. The molecule has 2 rings (SSSR count). The molecule has 0 amide bonds.